The number of hydrogen-bond acceptors (Lipinski definition) is 2. The molecule has 3 heteroatoms. The Kier molecular flexibility index (Phi) is 3.63. The lowest BCUT2D eigenvalue weighted by Crippen LogP contribution is -2.00. The maximum atomic E-state index is 13.4. The largest absolute Gasteiger partial charge is 0.457 e. The van der Waals surface area contributed by atoms with Crippen LogP contribution in [0.3, 0.4) is 0 Å². The smallest absolute Gasteiger partial charge is 0.132 e. The summed E-state index contributed by atoms with van der Waals surface area (Å²) >= 11 is 0. The first-order chi connectivity index (χ1) is 8.60. The van der Waals surface area contributed by atoms with Gasteiger partial charge >= 0.3 is 0 Å². The number of aryl methyl sites for hydroxylation is 2. The summed E-state index contributed by atoms with van der Waals surface area (Å²) in [6.45, 7) is 4.09. The molecule has 18 heavy (non-hydrogen) atoms. The van der Waals surface area contributed by atoms with E-state index in [1.807, 2.05) is 25.1 Å². The molecule has 0 radical (unpaired) electrons. The summed E-state index contributed by atoms with van der Waals surface area (Å²) in [5.74, 6) is 0.897. The van der Waals surface area contributed by atoms with Crippen LogP contribution in [-0.4, -0.2) is 0 Å². The molecule has 2 aromatic rings. The van der Waals surface area contributed by atoms with Gasteiger partial charge in [0.15, 0.2) is 0 Å². The molecule has 0 fully saturated rings. The predicted octanol–water partition coefficient (Wildman–Crippen LogP) is 3.69. The summed E-state index contributed by atoms with van der Waals surface area (Å²) in [4.78, 5) is 0. The molecule has 0 aromatic heterocycles. The van der Waals surface area contributed by atoms with E-state index in [0.717, 1.165) is 11.1 Å². The van der Waals surface area contributed by atoms with Crippen LogP contribution < -0.4 is 10.5 Å². The third-order valence-corrected chi connectivity index (χ3v) is 2.81. The summed E-state index contributed by atoms with van der Waals surface area (Å²) in [6.07, 6.45) is 0. The summed E-state index contributed by atoms with van der Waals surface area (Å²) in [7, 11) is 0. The number of nitrogens with two attached hydrogens (primary N) is 1. The Morgan fingerprint density at radius 3 is 2.56 bits per heavy atom. The van der Waals surface area contributed by atoms with Gasteiger partial charge in [0.2, 0.25) is 0 Å². The molecule has 0 amide bonds. The lowest BCUT2D eigenvalue weighted by molar-refractivity contribution is 0.470. The van der Waals surface area contributed by atoms with Crippen LogP contribution in [0.25, 0.3) is 0 Å². The lowest BCUT2D eigenvalue weighted by Gasteiger charge is -2.11. The Labute approximate surface area is 106 Å². The average Bonchev–Trinajstić information content (AvgIpc) is 2.34. The molecule has 0 saturated carbocycles. The zero-order valence-corrected chi connectivity index (χ0v) is 10.5. The third-order valence-electron chi connectivity index (χ3n) is 2.81. The molecule has 0 aliphatic carbocycles. The summed E-state index contributed by atoms with van der Waals surface area (Å²) in [6, 6.07) is 10.6. The van der Waals surface area contributed by atoms with Gasteiger partial charge in [0.05, 0.1) is 0 Å². The molecular formula is C15H16FNO. The van der Waals surface area contributed by atoms with Crippen molar-refractivity contribution in [2.24, 2.45) is 5.73 Å². The van der Waals surface area contributed by atoms with Crippen LogP contribution in [0.4, 0.5) is 4.39 Å². The molecule has 2 N–H and O–H groups in total. The van der Waals surface area contributed by atoms with Crippen molar-refractivity contribution in [2.45, 2.75) is 20.4 Å². The first kappa shape index (κ1) is 12.6. The van der Waals surface area contributed by atoms with Gasteiger partial charge in [-0.1, -0.05) is 18.2 Å². The van der Waals surface area contributed by atoms with Gasteiger partial charge in [0.25, 0.3) is 0 Å². The van der Waals surface area contributed by atoms with Gasteiger partial charge in [-0.2, -0.15) is 0 Å². The molecule has 0 bridgehead atoms. The van der Waals surface area contributed by atoms with Gasteiger partial charge < -0.3 is 10.5 Å². The summed E-state index contributed by atoms with van der Waals surface area (Å²) in [5.41, 5.74) is 8.24. The first-order valence-electron chi connectivity index (χ1n) is 5.84. The van der Waals surface area contributed by atoms with Gasteiger partial charge in [-0.15, -0.1) is 0 Å². The maximum Gasteiger partial charge on any atom is 0.132 e. The SMILES string of the molecule is Cc1ccc(CN)c(Oc2ccc(C)c(F)c2)c1. The zero-order valence-electron chi connectivity index (χ0n) is 10.5. The Hall–Kier alpha value is -1.87. The lowest BCUT2D eigenvalue weighted by atomic mass is 10.1. The van der Waals surface area contributed by atoms with E-state index < -0.39 is 0 Å². The molecule has 0 unspecified atom stereocenters. The molecule has 0 aliphatic rings. The first-order valence-corrected chi connectivity index (χ1v) is 5.84. The van der Waals surface area contributed by atoms with Crippen LogP contribution in [-0.2, 0) is 6.54 Å². The minimum atomic E-state index is -0.269. The highest BCUT2D eigenvalue weighted by molar-refractivity contribution is 5.41. The van der Waals surface area contributed by atoms with E-state index in [1.165, 1.54) is 6.07 Å². The molecule has 2 nitrogen and oxygen atoms in total. The predicted molar refractivity (Wildman–Crippen MR) is 70.3 cm³/mol. The average molecular weight is 245 g/mol. The quantitative estimate of drug-likeness (QED) is 0.895. The normalized spacial score (nSPS) is 10.4. The second kappa shape index (κ2) is 5.19. The second-order valence-electron chi connectivity index (χ2n) is 4.33. The number of benzene rings is 2. The minimum Gasteiger partial charge on any atom is -0.457 e. The van der Waals surface area contributed by atoms with Gasteiger partial charge in [0.1, 0.15) is 17.3 Å². The van der Waals surface area contributed by atoms with Crippen molar-refractivity contribution in [3.05, 3.63) is 58.9 Å². The van der Waals surface area contributed by atoms with Crippen molar-refractivity contribution in [3.8, 4) is 11.5 Å². The number of hydrogen-bond donors (Lipinski definition) is 1. The monoisotopic (exact) mass is 245 g/mol. The molecular weight excluding hydrogens is 229 g/mol. The highest BCUT2D eigenvalue weighted by atomic mass is 19.1. The zero-order chi connectivity index (χ0) is 13.1. The van der Waals surface area contributed by atoms with E-state index >= 15 is 0 Å². The van der Waals surface area contributed by atoms with E-state index in [-0.39, 0.29) is 5.82 Å². The highest BCUT2D eigenvalue weighted by Gasteiger charge is 2.06. The van der Waals surface area contributed by atoms with Crippen molar-refractivity contribution < 1.29 is 9.13 Å². The topological polar surface area (TPSA) is 35.2 Å². The van der Waals surface area contributed by atoms with Crippen molar-refractivity contribution in [1.82, 2.24) is 0 Å². The van der Waals surface area contributed by atoms with E-state index in [2.05, 4.69) is 0 Å². The minimum absolute atomic E-state index is 0.269. The Morgan fingerprint density at radius 1 is 1.11 bits per heavy atom. The molecule has 2 aromatic carbocycles. The van der Waals surface area contributed by atoms with Crippen molar-refractivity contribution in [2.75, 3.05) is 0 Å². The Morgan fingerprint density at radius 2 is 1.89 bits per heavy atom. The van der Waals surface area contributed by atoms with Gasteiger partial charge in [-0.05, 0) is 37.1 Å². The molecule has 0 saturated heterocycles. The highest BCUT2D eigenvalue weighted by Crippen LogP contribution is 2.27. The molecule has 2 rings (SSSR count). The maximum absolute atomic E-state index is 13.4. The standard InChI is InChI=1S/C15H16FNO/c1-10-3-5-12(9-17)15(7-10)18-13-6-4-11(2)14(16)8-13/h3-8H,9,17H2,1-2H3. The molecule has 0 heterocycles. The van der Waals surface area contributed by atoms with E-state index in [9.17, 15) is 4.39 Å². The van der Waals surface area contributed by atoms with Crippen LogP contribution >= 0.6 is 0 Å². The number of halogens is 1. The second-order valence-corrected chi connectivity index (χ2v) is 4.33. The number of ether oxygens (including phenoxy) is 1. The molecule has 94 valence electrons. The summed E-state index contributed by atoms with van der Waals surface area (Å²) in [5, 5.41) is 0. The van der Waals surface area contributed by atoms with Gasteiger partial charge in [-0.3, -0.25) is 0 Å². The fourth-order valence-corrected chi connectivity index (χ4v) is 1.69. The van der Waals surface area contributed by atoms with E-state index in [0.29, 0.717) is 23.6 Å². The Balaban J connectivity index is 2.33. The van der Waals surface area contributed by atoms with Crippen LogP contribution in [0.15, 0.2) is 36.4 Å². The van der Waals surface area contributed by atoms with Crippen molar-refractivity contribution in [1.29, 1.82) is 0 Å². The van der Waals surface area contributed by atoms with Gasteiger partial charge in [0, 0.05) is 18.2 Å². The fraction of sp³-hybridized carbons (Fsp3) is 0.200. The van der Waals surface area contributed by atoms with Crippen molar-refractivity contribution in [3.63, 3.8) is 0 Å². The fourth-order valence-electron chi connectivity index (χ4n) is 1.69. The van der Waals surface area contributed by atoms with Crippen molar-refractivity contribution >= 4 is 0 Å². The van der Waals surface area contributed by atoms with E-state index in [4.69, 9.17) is 10.5 Å². The summed E-state index contributed by atoms with van der Waals surface area (Å²) < 4.78 is 19.1. The number of rotatable bonds is 3. The van der Waals surface area contributed by atoms with Crippen LogP contribution in [0.1, 0.15) is 16.7 Å². The van der Waals surface area contributed by atoms with Crippen LogP contribution in [0, 0.1) is 19.7 Å². The van der Waals surface area contributed by atoms with Crippen LogP contribution in [0.5, 0.6) is 11.5 Å². The molecule has 0 atom stereocenters. The van der Waals surface area contributed by atoms with Gasteiger partial charge in [-0.25, -0.2) is 4.39 Å². The van der Waals surface area contributed by atoms with E-state index in [1.54, 1.807) is 19.1 Å². The Bertz CT molecular complexity index is 566. The third kappa shape index (κ3) is 2.68. The molecule has 0 aliphatic heterocycles. The van der Waals surface area contributed by atoms with Crippen LogP contribution in [0.2, 0.25) is 0 Å². The molecule has 0 spiro atoms.